The first-order chi connectivity index (χ1) is 8.35. The summed E-state index contributed by atoms with van der Waals surface area (Å²) in [5.41, 5.74) is 1.46. The van der Waals surface area contributed by atoms with Gasteiger partial charge < -0.3 is 5.32 Å². The molecule has 0 aromatic heterocycles. The largest absolute Gasteiger partial charge is 0.315 e. The van der Waals surface area contributed by atoms with Gasteiger partial charge in [0.1, 0.15) is 0 Å². The number of hydrogen-bond acceptors (Lipinski definition) is 2. The number of thioether (sulfide) groups is 1. The third-order valence-electron chi connectivity index (χ3n) is 3.81. The average molecular weight is 249 g/mol. The van der Waals surface area contributed by atoms with E-state index >= 15 is 0 Å². The second kappa shape index (κ2) is 6.46. The Balaban J connectivity index is 1.58. The van der Waals surface area contributed by atoms with Crippen LogP contribution in [-0.2, 0) is 6.42 Å². The molecule has 0 spiro atoms. The molecule has 1 saturated carbocycles. The zero-order chi connectivity index (χ0) is 12.0. The first kappa shape index (κ1) is 13.0. The average Bonchev–Trinajstić information content (AvgIpc) is 2.33. The topological polar surface area (TPSA) is 12.0 Å². The molecule has 1 N–H and O–H groups in total. The van der Waals surface area contributed by atoms with Crippen LogP contribution in [0.5, 0.6) is 0 Å². The maximum atomic E-state index is 3.63. The van der Waals surface area contributed by atoms with Gasteiger partial charge in [-0.3, -0.25) is 0 Å². The lowest BCUT2D eigenvalue weighted by atomic mass is 9.84. The van der Waals surface area contributed by atoms with E-state index in [0.717, 1.165) is 6.54 Å². The Morgan fingerprint density at radius 1 is 1.24 bits per heavy atom. The molecule has 0 bridgehead atoms. The van der Waals surface area contributed by atoms with Gasteiger partial charge in [-0.15, -0.1) is 0 Å². The van der Waals surface area contributed by atoms with Crippen molar-refractivity contribution in [2.24, 2.45) is 0 Å². The summed E-state index contributed by atoms with van der Waals surface area (Å²) in [5, 5.41) is 3.63. The maximum absolute atomic E-state index is 3.63. The van der Waals surface area contributed by atoms with Gasteiger partial charge in [0.15, 0.2) is 0 Å². The SMILES string of the molecule is CSC1(CNCCCc2ccccc2)CCC1. The highest BCUT2D eigenvalue weighted by molar-refractivity contribution is 8.00. The fourth-order valence-electron chi connectivity index (χ4n) is 2.40. The standard InChI is InChI=1S/C15H23NS/c1-17-15(10-6-11-15)13-16-12-5-9-14-7-3-2-4-8-14/h2-4,7-8,16H,5-6,9-13H2,1H3. The van der Waals surface area contributed by atoms with E-state index in [1.807, 2.05) is 0 Å². The normalized spacial score (nSPS) is 17.7. The van der Waals surface area contributed by atoms with Gasteiger partial charge in [0.05, 0.1) is 0 Å². The van der Waals surface area contributed by atoms with E-state index in [1.54, 1.807) is 0 Å². The molecule has 0 saturated heterocycles. The lowest BCUT2D eigenvalue weighted by Crippen LogP contribution is -2.43. The zero-order valence-corrected chi connectivity index (χ0v) is 11.6. The first-order valence-corrected chi connectivity index (χ1v) is 7.87. The molecular weight excluding hydrogens is 226 g/mol. The van der Waals surface area contributed by atoms with E-state index < -0.39 is 0 Å². The highest BCUT2D eigenvalue weighted by Gasteiger charge is 2.35. The van der Waals surface area contributed by atoms with Crippen molar-refractivity contribution >= 4 is 11.8 Å². The molecule has 94 valence electrons. The van der Waals surface area contributed by atoms with Gasteiger partial charge in [0.25, 0.3) is 0 Å². The van der Waals surface area contributed by atoms with Crippen LogP contribution in [0.3, 0.4) is 0 Å². The van der Waals surface area contributed by atoms with Crippen LogP contribution in [0.15, 0.2) is 30.3 Å². The number of rotatable bonds is 7. The summed E-state index contributed by atoms with van der Waals surface area (Å²) in [6.07, 6.45) is 8.92. The minimum absolute atomic E-state index is 0.576. The summed E-state index contributed by atoms with van der Waals surface area (Å²) in [6, 6.07) is 10.8. The summed E-state index contributed by atoms with van der Waals surface area (Å²) in [6.45, 7) is 2.35. The Morgan fingerprint density at radius 3 is 2.59 bits per heavy atom. The second-order valence-corrected chi connectivity index (χ2v) is 6.28. The molecular formula is C15H23NS. The number of benzene rings is 1. The monoisotopic (exact) mass is 249 g/mol. The minimum Gasteiger partial charge on any atom is -0.315 e. The zero-order valence-electron chi connectivity index (χ0n) is 10.7. The van der Waals surface area contributed by atoms with Crippen molar-refractivity contribution in [3.05, 3.63) is 35.9 Å². The van der Waals surface area contributed by atoms with Crippen molar-refractivity contribution in [1.29, 1.82) is 0 Å². The molecule has 0 atom stereocenters. The lowest BCUT2D eigenvalue weighted by Gasteiger charge is -2.40. The summed E-state index contributed by atoms with van der Waals surface area (Å²) < 4.78 is 0.576. The number of nitrogens with one attached hydrogen (secondary N) is 1. The van der Waals surface area contributed by atoms with Crippen molar-refractivity contribution in [3.63, 3.8) is 0 Å². The van der Waals surface area contributed by atoms with E-state index in [4.69, 9.17) is 0 Å². The van der Waals surface area contributed by atoms with Crippen LogP contribution < -0.4 is 5.32 Å². The fraction of sp³-hybridized carbons (Fsp3) is 0.600. The number of aryl methyl sites for hydroxylation is 1. The highest BCUT2D eigenvalue weighted by atomic mass is 32.2. The summed E-state index contributed by atoms with van der Waals surface area (Å²) in [5.74, 6) is 0. The summed E-state index contributed by atoms with van der Waals surface area (Å²) in [7, 11) is 0. The van der Waals surface area contributed by atoms with Crippen molar-refractivity contribution in [1.82, 2.24) is 5.32 Å². The molecule has 1 nitrogen and oxygen atoms in total. The molecule has 1 fully saturated rings. The molecule has 1 aliphatic carbocycles. The van der Waals surface area contributed by atoms with Gasteiger partial charge in [-0.05, 0) is 44.0 Å². The van der Waals surface area contributed by atoms with Gasteiger partial charge in [-0.1, -0.05) is 36.8 Å². The molecule has 0 radical (unpaired) electrons. The molecule has 0 aliphatic heterocycles. The van der Waals surface area contributed by atoms with Crippen LogP contribution in [0.1, 0.15) is 31.2 Å². The van der Waals surface area contributed by atoms with Crippen LogP contribution in [0.25, 0.3) is 0 Å². The van der Waals surface area contributed by atoms with Gasteiger partial charge in [-0.2, -0.15) is 11.8 Å². The highest BCUT2D eigenvalue weighted by Crippen LogP contribution is 2.42. The van der Waals surface area contributed by atoms with Crippen LogP contribution in [-0.4, -0.2) is 24.1 Å². The van der Waals surface area contributed by atoms with E-state index in [1.165, 1.54) is 44.2 Å². The molecule has 17 heavy (non-hydrogen) atoms. The van der Waals surface area contributed by atoms with E-state index in [9.17, 15) is 0 Å². The van der Waals surface area contributed by atoms with Crippen molar-refractivity contribution in [3.8, 4) is 0 Å². The summed E-state index contributed by atoms with van der Waals surface area (Å²) in [4.78, 5) is 0. The van der Waals surface area contributed by atoms with Gasteiger partial charge in [0, 0.05) is 11.3 Å². The van der Waals surface area contributed by atoms with Gasteiger partial charge in [-0.25, -0.2) is 0 Å². The maximum Gasteiger partial charge on any atom is 0.0281 e. The predicted molar refractivity (Wildman–Crippen MR) is 77.7 cm³/mol. The van der Waals surface area contributed by atoms with Crippen LogP contribution in [0, 0.1) is 0 Å². The van der Waals surface area contributed by atoms with Crippen LogP contribution in [0.4, 0.5) is 0 Å². The quantitative estimate of drug-likeness (QED) is 0.742. The van der Waals surface area contributed by atoms with Crippen molar-refractivity contribution in [2.75, 3.05) is 19.3 Å². The first-order valence-electron chi connectivity index (χ1n) is 6.64. The van der Waals surface area contributed by atoms with Gasteiger partial charge >= 0.3 is 0 Å². The Labute approximate surface area is 109 Å². The lowest BCUT2D eigenvalue weighted by molar-refractivity contribution is 0.346. The molecule has 2 rings (SSSR count). The molecule has 0 heterocycles. The fourth-order valence-corrected chi connectivity index (χ4v) is 3.35. The Bertz CT molecular complexity index is 313. The minimum atomic E-state index is 0.576. The second-order valence-electron chi connectivity index (χ2n) is 5.01. The predicted octanol–water partition coefficient (Wildman–Crippen LogP) is 3.49. The molecule has 0 amide bonds. The van der Waals surface area contributed by atoms with Crippen LogP contribution >= 0.6 is 11.8 Å². The van der Waals surface area contributed by atoms with Crippen molar-refractivity contribution in [2.45, 2.75) is 36.9 Å². The van der Waals surface area contributed by atoms with Gasteiger partial charge in [0.2, 0.25) is 0 Å². The van der Waals surface area contributed by atoms with E-state index in [0.29, 0.717) is 4.75 Å². The summed E-state index contributed by atoms with van der Waals surface area (Å²) >= 11 is 2.05. The van der Waals surface area contributed by atoms with E-state index in [-0.39, 0.29) is 0 Å². The van der Waals surface area contributed by atoms with Crippen LogP contribution in [0.2, 0.25) is 0 Å². The molecule has 1 aromatic carbocycles. The third-order valence-corrected chi connectivity index (χ3v) is 5.23. The Hall–Kier alpha value is -0.470. The Kier molecular flexibility index (Phi) is 4.93. The molecule has 1 aromatic rings. The number of hydrogen-bond donors (Lipinski definition) is 1. The Morgan fingerprint density at radius 2 is 2.00 bits per heavy atom. The molecule has 0 unspecified atom stereocenters. The molecule has 2 heteroatoms. The van der Waals surface area contributed by atoms with E-state index in [2.05, 4.69) is 53.7 Å². The van der Waals surface area contributed by atoms with Crippen molar-refractivity contribution < 1.29 is 0 Å². The third kappa shape index (κ3) is 3.75. The smallest absolute Gasteiger partial charge is 0.0281 e. The molecule has 1 aliphatic rings.